The second-order valence-electron chi connectivity index (χ2n) is 6.27. The second kappa shape index (κ2) is 6.61. The second-order valence-corrected chi connectivity index (χ2v) is 8.57. The number of sulfone groups is 1. The fourth-order valence-corrected chi connectivity index (χ4v) is 5.20. The summed E-state index contributed by atoms with van der Waals surface area (Å²) in [6.45, 7) is 3.08. The van der Waals surface area contributed by atoms with Gasteiger partial charge in [-0.3, -0.25) is 4.79 Å². The summed E-state index contributed by atoms with van der Waals surface area (Å²) >= 11 is 6.45. The molecule has 1 amide bonds. The fourth-order valence-electron chi connectivity index (χ4n) is 3.04. The Bertz CT molecular complexity index is 1110. The molecule has 9 heteroatoms. The molecule has 3 rings (SSSR count). The Kier molecular flexibility index (Phi) is 4.73. The third-order valence-electron chi connectivity index (χ3n) is 4.40. The molecule has 0 saturated heterocycles. The molecule has 0 saturated carbocycles. The van der Waals surface area contributed by atoms with Gasteiger partial charge in [-0.2, -0.15) is 0 Å². The van der Waals surface area contributed by atoms with E-state index in [1.54, 1.807) is 13.0 Å². The number of amides is 1. The van der Waals surface area contributed by atoms with Crippen molar-refractivity contribution in [3.8, 4) is 0 Å². The van der Waals surface area contributed by atoms with Crippen LogP contribution in [0.1, 0.15) is 29.3 Å². The van der Waals surface area contributed by atoms with Gasteiger partial charge in [0, 0.05) is 19.5 Å². The molecule has 1 N–H and O–H groups in total. The van der Waals surface area contributed by atoms with Gasteiger partial charge in [0.2, 0.25) is 5.91 Å². The lowest BCUT2D eigenvalue weighted by Gasteiger charge is -2.24. The first kappa shape index (κ1) is 19.3. The van der Waals surface area contributed by atoms with Gasteiger partial charge in [0.1, 0.15) is 16.4 Å². The predicted octanol–water partition coefficient (Wildman–Crippen LogP) is 3.48. The molecule has 0 fully saturated rings. The fraction of sp³-hybridized carbons (Fsp3) is 0.222. The lowest BCUT2D eigenvalue weighted by molar-refractivity contribution is -0.116. The van der Waals surface area contributed by atoms with Crippen molar-refractivity contribution in [2.24, 2.45) is 0 Å². The van der Waals surface area contributed by atoms with Crippen LogP contribution in [0.15, 0.2) is 24.4 Å². The van der Waals surface area contributed by atoms with Crippen molar-refractivity contribution in [1.82, 2.24) is 4.98 Å². The first-order valence-corrected chi connectivity index (χ1v) is 9.92. The van der Waals surface area contributed by atoms with Gasteiger partial charge < -0.3 is 10.0 Å². The summed E-state index contributed by atoms with van der Waals surface area (Å²) in [6.07, 6.45) is 0.899. The number of benzene rings is 1. The van der Waals surface area contributed by atoms with Gasteiger partial charge in [0.05, 0.1) is 22.7 Å². The van der Waals surface area contributed by atoms with Crippen molar-refractivity contribution < 1.29 is 22.7 Å². The zero-order valence-corrected chi connectivity index (χ0v) is 16.3. The Morgan fingerprint density at radius 1 is 1.37 bits per heavy atom. The maximum atomic E-state index is 13.4. The smallest absolute Gasteiger partial charge is 0.223 e. The van der Waals surface area contributed by atoms with Gasteiger partial charge in [-0.1, -0.05) is 23.7 Å². The molecule has 27 heavy (non-hydrogen) atoms. The van der Waals surface area contributed by atoms with E-state index in [1.807, 2.05) is 0 Å². The monoisotopic (exact) mass is 410 g/mol. The van der Waals surface area contributed by atoms with E-state index in [2.05, 4.69) is 4.98 Å². The molecule has 0 spiro atoms. The molecular formula is C18H16ClFN2O4S. The minimum Gasteiger partial charge on any atom is -0.504 e. The zero-order valence-electron chi connectivity index (χ0n) is 14.7. The van der Waals surface area contributed by atoms with Crippen LogP contribution in [-0.2, 0) is 20.4 Å². The van der Waals surface area contributed by atoms with E-state index in [4.69, 9.17) is 11.6 Å². The van der Waals surface area contributed by atoms with Gasteiger partial charge in [-0.25, -0.2) is 17.8 Å². The van der Waals surface area contributed by atoms with Crippen LogP contribution >= 0.6 is 11.6 Å². The summed E-state index contributed by atoms with van der Waals surface area (Å²) in [5.74, 6) is -2.10. The summed E-state index contributed by atoms with van der Waals surface area (Å²) in [7, 11) is -2.50. The van der Waals surface area contributed by atoms with E-state index in [0.717, 1.165) is 12.3 Å². The highest BCUT2D eigenvalue weighted by atomic mass is 35.5. The highest BCUT2D eigenvalue weighted by Gasteiger charge is 2.35. The molecule has 1 aromatic carbocycles. The third kappa shape index (κ3) is 3.19. The molecule has 2 heterocycles. The molecule has 0 radical (unpaired) electrons. The predicted molar refractivity (Wildman–Crippen MR) is 102 cm³/mol. The minimum atomic E-state index is -4.02. The summed E-state index contributed by atoms with van der Waals surface area (Å²) in [5.41, 5.74) is 1.12. The molecule has 6 nitrogen and oxygen atoms in total. The molecule has 0 atom stereocenters. The number of pyridine rings is 1. The number of fused-ring (bicyclic) bond motifs is 1. The lowest BCUT2D eigenvalue weighted by atomic mass is 10.1. The Balaban J connectivity index is 2.33. The average Bonchev–Trinajstić information content (AvgIpc) is 2.55. The standard InChI is InChI=1S/C18H16ClFN2O4S/c1-9-4-5-13(14(19)16(9)22(3)10(2)23)18-17(24)15-11(8-27(18,25)26)6-12(20)7-21-15/h4-7,24H,8H2,1-3H3. The number of carbonyl (C=O) groups excluding carboxylic acids is 1. The molecular weight excluding hydrogens is 395 g/mol. The normalized spacial score (nSPS) is 15.4. The maximum absolute atomic E-state index is 13.4. The molecule has 2 aromatic rings. The summed E-state index contributed by atoms with van der Waals surface area (Å²) in [5, 5.41) is 10.6. The molecule has 1 aliphatic heterocycles. The quantitative estimate of drug-likeness (QED) is 0.818. The van der Waals surface area contributed by atoms with Crippen molar-refractivity contribution in [2.45, 2.75) is 19.6 Å². The minimum absolute atomic E-state index is 0.0145. The van der Waals surface area contributed by atoms with E-state index in [0.29, 0.717) is 11.3 Å². The van der Waals surface area contributed by atoms with E-state index in [1.165, 1.54) is 24.9 Å². The van der Waals surface area contributed by atoms with Crippen LogP contribution in [0.4, 0.5) is 10.1 Å². The maximum Gasteiger partial charge on any atom is 0.223 e. The number of halogens is 2. The molecule has 142 valence electrons. The van der Waals surface area contributed by atoms with Crippen molar-refractivity contribution in [3.05, 3.63) is 57.6 Å². The van der Waals surface area contributed by atoms with E-state index >= 15 is 0 Å². The Labute approximate surface area is 160 Å². The van der Waals surface area contributed by atoms with Crippen LogP contribution in [0.25, 0.3) is 10.7 Å². The van der Waals surface area contributed by atoms with Crippen LogP contribution in [-0.4, -0.2) is 31.5 Å². The number of anilines is 1. The first-order chi connectivity index (χ1) is 12.5. The zero-order chi connectivity index (χ0) is 20.1. The van der Waals surface area contributed by atoms with Crippen LogP contribution in [0, 0.1) is 12.7 Å². The Hall–Kier alpha value is -2.45. The van der Waals surface area contributed by atoms with Crippen LogP contribution in [0.3, 0.4) is 0 Å². The molecule has 0 aliphatic carbocycles. The number of aliphatic hydroxyl groups excluding tert-OH is 1. The third-order valence-corrected chi connectivity index (χ3v) is 6.51. The van der Waals surface area contributed by atoms with Crippen LogP contribution < -0.4 is 4.90 Å². The summed E-state index contributed by atoms with van der Waals surface area (Å²) in [4.78, 5) is 16.5. The largest absolute Gasteiger partial charge is 0.504 e. The number of nitrogens with zero attached hydrogens (tertiary/aromatic N) is 2. The van der Waals surface area contributed by atoms with Crippen molar-refractivity contribution in [3.63, 3.8) is 0 Å². The SMILES string of the molecule is CC(=O)N(C)c1c(C)ccc(C2=C(O)c3ncc(F)cc3CS2(=O)=O)c1Cl. The van der Waals surface area contributed by atoms with Crippen molar-refractivity contribution in [2.75, 3.05) is 11.9 Å². The van der Waals surface area contributed by atoms with E-state index in [9.17, 15) is 22.7 Å². The number of hydrogen-bond donors (Lipinski definition) is 1. The summed E-state index contributed by atoms with van der Waals surface area (Å²) in [6, 6.07) is 4.10. The Morgan fingerprint density at radius 2 is 2.04 bits per heavy atom. The number of hydrogen-bond acceptors (Lipinski definition) is 5. The van der Waals surface area contributed by atoms with Gasteiger partial charge in [-0.05, 0) is 24.1 Å². The molecule has 0 unspecified atom stereocenters. The number of aromatic nitrogens is 1. The van der Waals surface area contributed by atoms with Gasteiger partial charge >= 0.3 is 0 Å². The number of aryl methyl sites for hydroxylation is 1. The van der Waals surface area contributed by atoms with Gasteiger partial charge in [0.25, 0.3) is 0 Å². The van der Waals surface area contributed by atoms with E-state index in [-0.39, 0.29) is 27.8 Å². The molecule has 0 bridgehead atoms. The lowest BCUT2D eigenvalue weighted by Crippen LogP contribution is -2.24. The number of rotatable bonds is 2. The highest BCUT2D eigenvalue weighted by molar-refractivity contribution is 8.00. The first-order valence-electron chi connectivity index (χ1n) is 7.89. The molecule has 1 aromatic heterocycles. The van der Waals surface area contributed by atoms with Crippen LogP contribution in [0.5, 0.6) is 0 Å². The Morgan fingerprint density at radius 3 is 2.67 bits per heavy atom. The van der Waals surface area contributed by atoms with E-state index < -0.39 is 32.1 Å². The van der Waals surface area contributed by atoms with Gasteiger partial charge in [0.15, 0.2) is 15.6 Å². The molecule has 1 aliphatic rings. The highest BCUT2D eigenvalue weighted by Crippen LogP contribution is 2.43. The average molecular weight is 411 g/mol. The topological polar surface area (TPSA) is 87.6 Å². The van der Waals surface area contributed by atoms with Crippen molar-refractivity contribution >= 4 is 43.7 Å². The van der Waals surface area contributed by atoms with Gasteiger partial charge in [-0.15, -0.1) is 0 Å². The summed E-state index contributed by atoms with van der Waals surface area (Å²) < 4.78 is 39.0. The van der Waals surface area contributed by atoms with Crippen LogP contribution in [0.2, 0.25) is 5.02 Å². The number of aliphatic hydroxyl groups is 1. The van der Waals surface area contributed by atoms with Crippen molar-refractivity contribution in [1.29, 1.82) is 0 Å². The number of carbonyl (C=O) groups is 1.